The molecule has 0 amide bonds. The normalized spacial score (nSPS) is 10.3. The van der Waals surface area contributed by atoms with Gasteiger partial charge in [-0.25, -0.2) is 15.0 Å². The molecule has 0 aromatic carbocycles. The zero-order chi connectivity index (χ0) is 13.0. The van der Waals surface area contributed by atoms with Crippen LogP contribution < -0.4 is 11.1 Å². The molecule has 0 saturated carbocycles. The molecule has 0 saturated heterocycles. The summed E-state index contributed by atoms with van der Waals surface area (Å²) in [4.78, 5) is 13.9. The lowest BCUT2D eigenvalue weighted by molar-refractivity contribution is 1.05. The summed E-state index contributed by atoms with van der Waals surface area (Å²) in [7, 11) is 0. The van der Waals surface area contributed by atoms with Gasteiger partial charge in [-0.15, -0.1) is 11.3 Å². The molecule has 2 aromatic rings. The summed E-state index contributed by atoms with van der Waals surface area (Å²) in [5.74, 6) is 0.644. The van der Waals surface area contributed by atoms with E-state index in [1.54, 1.807) is 17.5 Å². The van der Waals surface area contributed by atoms with E-state index in [-0.39, 0.29) is 4.99 Å². The minimum atomic E-state index is 0.284. The first-order valence-electron chi connectivity index (χ1n) is 5.48. The highest BCUT2D eigenvalue weighted by molar-refractivity contribution is 7.80. The van der Waals surface area contributed by atoms with Crippen molar-refractivity contribution in [2.45, 2.75) is 19.9 Å². The van der Waals surface area contributed by atoms with Crippen LogP contribution in [0, 0.1) is 0 Å². The first-order valence-corrected chi connectivity index (χ1v) is 6.70. The number of thiocarbonyl (C=S) groups is 1. The molecule has 0 aliphatic rings. The molecule has 2 aromatic heterocycles. The van der Waals surface area contributed by atoms with Gasteiger partial charge in [0.25, 0.3) is 0 Å². The fourth-order valence-electron chi connectivity index (χ4n) is 1.40. The highest BCUT2D eigenvalue weighted by atomic mass is 32.1. The van der Waals surface area contributed by atoms with Crippen molar-refractivity contribution in [3.8, 4) is 0 Å². The number of thiazole rings is 1. The van der Waals surface area contributed by atoms with Gasteiger partial charge in [0.1, 0.15) is 22.1 Å². The van der Waals surface area contributed by atoms with Gasteiger partial charge in [-0.2, -0.15) is 0 Å². The Morgan fingerprint density at radius 3 is 2.94 bits per heavy atom. The summed E-state index contributed by atoms with van der Waals surface area (Å²) in [6.07, 6.45) is 5.97. The molecule has 0 bridgehead atoms. The van der Waals surface area contributed by atoms with Crippen LogP contribution in [0.25, 0.3) is 0 Å². The molecule has 3 N–H and O–H groups in total. The van der Waals surface area contributed by atoms with Crippen LogP contribution in [0.4, 0.5) is 5.82 Å². The molecule has 2 rings (SSSR count). The number of anilines is 1. The maximum Gasteiger partial charge on any atom is 0.139 e. The minimum Gasteiger partial charge on any atom is -0.389 e. The van der Waals surface area contributed by atoms with Crippen LogP contribution >= 0.6 is 23.6 Å². The third kappa shape index (κ3) is 2.99. The summed E-state index contributed by atoms with van der Waals surface area (Å²) in [6, 6.07) is 0. The van der Waals surface area contributed by atoms with Crippen molar-refractivity contribution >= 4 is 34.4 Å². The predicted molar refractivity (Wildman–Crippen MR) is 76.7 cm³/mol. The molecule has 0 spiro atoms. The molecule has 94 valence electrons. The van der Waals surface area contributed by atoms with Crippen LogP contribution in [0.3, 0.4) is 0 Å². The van der Waals surface area contributed by atoms with E-state index in [1.165, 1.54) is 11.2 Å². The van der Waals surface area contributed by atoms with Gasteiger partial charge < -0.3 is 11.1 Å². The standard InChI is InChI=1S/C11H13N5S2/c1-2-7-3-14-9(18-7)5-15-11-8(10(12)17)4-13-6-16-11/h3-4,6H,2,5H2,1H3,(H2,12,17)(H,13,15,16). The number of nitrogens with zero attached hydrogens (tertiary/aromatic N) is 3. The molecule has 0 atom stereocenters. The van der Waals surface area contributed by atoms with E-state index in [9.17, 15) is 0 Å². The number of nitrogens with one attached hydrogen (secondary N) is 1. The van der Waals surface area contributed by atoms with Gasteiger partial charge >= 0.3 is 0 Å². The van der Waals surface area contributed by atoms with E-state index >= 15 is 0 Å². The first-order chi connectivity index (χ1) is 8.70. The Hall–Kier alpha value is -1.60. The van der Waals surface area contributed by atoms with E-state index in [1.807, 2.05) is 6.20 Å². The van der Waals surface area contributed by atoms with Crippen molar-refractivity contribution in [2.75, 3.05) is 5.32 Å². The molecular formula is C11H13N5S2. The van der Waals surface area contributed by atoms with Gasteiger partial charge in [0.05, 0.1) is 12.1 Å². The van der Waals surface area contributed by atoms with Crippen LogP contribution in [0.5, 0.6) is 0 Å². The average Bonchev–Trinajstić information content (AvgIpc) is 2.84. The third-order valence-electron chi connectivity index (χ3n) is 2.33. The second-order valence-electron chi connectivity index (χ2n) is 3.58. The van der Waals surface area contributed by atoms with Crippen molar-refractivity contribution < 1.29 is 0 Å². The maximum absolute atomic E-state index is 5.61. The number of nitrogens with two attached hydrogens (primary N) is 1. The van der Waals surface area contributed by atoms with Crippen molar-refractivity contribution in [1.29, 1.82) is 0 Å². The first kappa shape index (κ1) is 12.8. The Bertz CT molecular complexity index is 552. The summed E-state index contributed by atoms with van der Waals surface area (Å²) in [6.45, 7) is 2.72. The second kappa shape index (κ2) is 5.83. The fourth-order valence-corrected chi connectivity index (χ4v) is 2.35. The molecule has 0 radical (unpaired) electrons. The highest BCUT2D eigenvalue weighted by Crippen LogP contribution is 2.16. The predicted octanol–water partition coefficient (Wildman–Crippen LogP) is 1.74. The average molecular weight is 279 g/mol. The Kier molecular flexibility index (Phi) is 4.16. The van der Waals surface area contributed by atoms with Crippen LogP contribution in [0.2, 0.25) is 0 Å². The van der Waals surface area contributed by atoms with Crippen LogP contribution in [0.15, 0.2) is 18.7 Å². The molecule has 5 nitrogen and oxygen atoms in total. The molecule has 0 fully saturated rings. The molecule has 7 heteroatoms. The van der Waals surface area contributed by atoms with Gasteiger partial charge in [-0.3, -0.25) is 0 Å². The molecule has 2 heterocycles. The maximum atomic E-state index is 5.61. The Morgan fingerprint density at radius 1 is 1.44 bits per heavy atom. The molecular weight excluding hydrogens is 266 g/mol. The van der Waals surface area contributed by atoms with Crippen molar-refractivity contribution in [1.82, 2.24) is 15.0 Å². The smallest absolute Gasteiger partial charge is 0.139 e. The van der Waals surface area contributed by atoms with Gasteiger partial charge in [0, 0.05) is 17.3 Å². The minimum absolute atomic E-state index is 0.284. The lowest BCUT2D eigenvalue weighted by Crippen LogP contribution is -2.14. The van der Waals surface area contributed by atoms with Crippen molar-refractivity contribution in [3.63, 3.8) is 0 Å². The summed E-state index contributed by atoms with van der Waals surface area (Å²) in [5.41, 5.74) is 6.26. The SMILES string of the molecule is CCc1cnc(CNc2ncncc2C(N)=S)s1. The number of aromatic nitrogens is 3. The molecule has 0 aliphatic heterocycles. The van der Waals surface area contributed by atoms with E-state index in [4.69, 9.17) is 18.0 Å². The summed E-state index contributed by atoms with van der Waals surface area (Å²) < 4.78 is 0. The Labute approximate surface area is 114 Å². The number of rotatable bonds is 5. The molecule has 18 heavy (non-hydrogen) atoms. The van der Waals surface area contributed by atoms with Crippen LogP contribution in [-0.2, 0) is 13.0 Å². The van der Waals surface area contributed by atoms with Crippen molar-refractivity contribution in [2.24, 2.45) is 5.73 Å². The zero-order valence-corrected chi connectivity index (χ0v) is 11.5. The summed E-state index contributed by atoms with van der Waals surface area (Å²) in [5, 5.41) is 4.19. The lowest BCUT2D eigenvalue weighted by atomic mass is 10.3. The number of hydrogen-bond donors (Lipinski definition) is 2. The van der Waals surface area contributed by atoms with Gasteiger partial charge in [-0.1, -0.05) is 19.1 Å². The van der Waals surface area contributed by atoms with Gasteiger partial charge in [-0.05, 0) is 6.42 Å². The van der Waals surface area contributed by atoms with E-state index < -0.39 is 0 Å². The largest absolute Gasteiger partial charge is 0.389 e. The van der Waals surface area contributed by atoms with E-state index in [0.717, 1.165) is 11.4 Å². The monoisotopic (exact) mass is 279 g/mol. The fraction of sp³-hybridized carbons (Fsp3) is 0.273. The molecule has 0 aliphatic carbocycles. The van der Waals surface area contributed by atoms with Gasteiger partial charge in [0.2, 0.25) is 0 Å². The van der Waals surface area contributed by atoms with E-state index in [0.29, 0.717) is 17.9 Å². The Morgan fingerprint density at radius 2 is 2.28 bits per heavy atom. The Balaban J connectivity index is 2.08. The molecule has 0 unspecified atom stereocenters. The van der Waals surface area contributed by atoms with Crippen molar-refractivity contribution in [3.05, 3.63) is 34.2 Å². The van der Waals surface area contributed by atoms with Crippen LogP contribution in [-0.4, -0.2) is 19.9 Å². The van der Waals surface area contributed by atoms with E-state index in [2.05, 4.69) is 27.2 Å². The van der Waals surface area contributed by atoms with Crippen LogP contribution in [0.1, 0.15) is 22.4 Å². The quantitative estimate of drug-likeness (QED) is 0.812. The zero-order valence-electron chi connectivity index (χ0n) is 9.88. The van der Waals surface area contributed by atoms with Gasteiger partial charge in [0.15, 0.2) is 0 Å². The third-order valence-corrected chi connectivity index (χ3v) is 3.70. The topological polar surface area (TPSA) is 76.7 Å². The number of aryl methyl sites for hydroxylation is 1. The second-order valence-corrected chi connectivity index (χ2v) is 5.22. The lowest BCUT2D eigenvalue weighted by Gasteiger charge is -2.07. The number of hydrogen-bond acceptors (Lipinski definition) is 6. The highest BCUT2D eigenvalue weighted by Gasteiger charge is 2.07. The summed E-state index contributed by atoms with van der Waals surface area (Å²) >= 11 is 6.63.